The minimum Gasteiger partial charge on any atom is -0.493 e. The van der Waals surface area contributed by atoms with Crippen molar-refractivity contribution in [2.45, 2.75) is 25.5 Å². The quantitative estimate of drug-likeness (QED) is 0.458. The first-order valence-corrected chi connectivity index (χ1v) is 11.8. The number of hydrogen-bond acceptors (Lipinski definition) is 7. The van der Waals surface area contributed by atoms with Crippen LogP contribution in [0.2, 0.25) is 0 Å². The third kappa shape index (κ3) is 3.65. The van der Waals surface area contributed by atoms with Gasteiger partial charge in [0.05, 0.1) is 32.7 Å². The van der Waals surface area contributed by atoms with Gasteiger partial charge in [0, 0.05) is 5.56 Å². The molecule has 186 valence electrons. The number of hydrogen-bond donors (Lipinski definition) is 0. The van der Waals surface area contributed by atoms with Crippen LogP contribution in [0.3, 0.4) is 0 Å². The zero-order chi connectivity index (χ0) is 25.4. The Morgan fingerprint density at radius 2 is 1.47 bits per heavy atom. The lowest BCUT2D eigenvalue weighted by molar-refractivity contribution is -0.126. The standard InChI is InChI=1S/C28H28N2O6/c1-5-17-11-13-18(14-12-17)29-27(31)22-23(20-15-16-21(33-2)25(35-4)24(20)34-3)30(36-26(22)28(29)32)19-9-7-6-8-10-19/h6-16,22-23,26H,5H2,1-4H3/t22-,23-,26-/m0/s1. The van der Waals surface area contributed by atoms with Crippen molar-refractivity contribution in [1.29, 1.82) is 0 Å². The maximum absolute atomic E-state index is 13.9. The summed E-state index contributed by atoms with van der Waals surface area (Å²) >= 11 is 0. The summed E-state index contributed by atoms with van der Waals surface area (Å²) in [5.74, 6) is -0.204. The number of carbonyl (C=O) groups excluding carboxylic acids is 2. The van der Waals surface area contributed by atoms with Crippen LogP contribution in [0, 0.1) is 5.92 Å². The van der Waals surface area contributed by atoms with Crippen molar-refractivity contribution in [2.24, 2.45) is 5.92 Å². The van der Waals surface area contributed by atoms with Crippen molar-refractivity contribution < 1.29 is 28.6 Å². The number of anilines is 2. The molecule has 2 amide bonds. The van der Waals surface area contributed by atoms with E-state index in [9.17, 15) is 9.59 Å². The molecule has 2 fully saturated rings. The average Bonchev–Trinajstić information content (AvgIpc) is 3.43. The number of ether oxygens (including phenoxy) is 3. The molecule has 0 aromatic heterocycles. The maximum Gasteiger partial charge on any atom is 0.266 e. The zero-order valence-corrected chi connectivity index (χ0v) is 20.6. The highest BCUT2D eigenvalue weighted by Gasteiger charge is 2.61. The molecule has 0 saturated carbocycles. The fourth-order valence-electron chi connectivity index (χ4n) is 5.02. The van der Waals surface area contributed by atoms with E-state index in [0.29, 0.717) is 34.2 Å². The fourth-order valence-corrected chi connectivity index (χ4v) is 5.02. The number of amides is 2. The second-order valence-electron chi connectivity index (χ2n) is 8.61. The Morgan fingerprint density at radius 1 is 0.778 bits per heavy atom. The summed E-state index contributed by atoms with van der Waals surface area (Å²) < 4.78 is 16.8. The van der Waals surface area contributed by atoms with Crippen LogP contribution in [0.1, 0.15) is 24.1 Å². The van der Waals surface area contributed by atoms with Crippen molar-refractivity contribution in [3.8, 4) is 17.2 Å². The summed E-state index contributed by atoms with van der Waals surface area (Å²) in [4.78, 5) is 34.9. The number of para-hydroxylation sites is 1. The smallest absolute Gasteiger partial charge is 0.266 e. The van der Waals surface area contributed by atoms with Crippen molar-refractivity contribution in [3.05, 3.63) is 77.9 Å². The van der Waals surface area contributed by atoms with Gasteiger partial charge >= 0.3 is 0 Å². The summed E-state index contributed by atoms with van der Waals surface area (Å²) in [6.45, 7) is 2.05. The van der Waals surface area contributed by atoms with E-state index in [4.69, 9.17) is 19.0 Å². The first-order valence-electron chi connectivity index (χ1n) is 11.8. The van der Waals surface area contributed by atoms with Crippen LogP contribution < -0.4 is 24.2 Å². The van der Waals surface area contributed by atoms with Gasteiger partial charge < -0.3 is 14.2 Å². The Hall–Kier alpha value is -4.04. The van der Waals surface area contributed by atoms with Crippen LogP contribution in [0.5, 0.6) is 17.2 Å². The number of carbonyl (C=O) groups is 2. The summed E-state index contributed by atoms with van der Waals surface area (Å²) in [5, 5.41) is 1.63. The summed E-state index contributed by atoms with van der Waals surface area (Å²) in [6, 6.07) is 19.8. The van der Waals surface area contributed by atoms with Gasteiger partial charge in [-0.1, -0.05) is 37.3 Å². The number of aryl methyl sites for hydroxylation is 1. The minimum atomic E-state index is -0.980. The predicted octanol–water partition coefficient (Wildman–Crippen LogP) is 4.33. The molecule has 36 heavy (non-hydrogen) atoms. The van der Waals surface area contributed by atoms with E-state index >= 15 is 0 Å². The van der Waals surface area contributed by atoms with Gasteiger partial charge in [-0.25, -0.2) is 9.96 Å². The van der Waals surface area contributed by atoms with Crippen molar-refractivity contribution in [3.63, 3.8) is 0 Å². The van der Waals surface area contributed by atoms with Crippen molar-refractivity contribution in [2.75, 3.05) is 31.3 Å². The zero-order valence-electron chi connectivity index (χ0n) is 20.6. The molecule has 3 aromatic rings. The monoisotopic (exact) mass is 488 g/mol. The molecule has 3 atom stereocenters. The summed E-state index contributed by atoms with van der Waals surface area (Å²) in [7, 11) is 4.60. The molecule has 2 aliphatic rings. The van der Waals surface area contributed by atoms with Crippen LogP contribution in [-0.4, -0.2) is 39.2 Å². The van der Waals surface area contributed by atoms with Crippen LogP contribution in [-0.2, 0) is 20.8 Å². The Kier molecular flexibility index (Phi) is 6.28. The highest BCUT2D eigenvalue weighted by atomic mass is 16.7. The Bertz CT molecular complexity index is 1280. The molecule has 0 aliphatic carbocycles. The molecule has 0 spiro atoms. The molecule has 2 aliphatic heterocycles. The van der Waals surface area contributed by atoms with Crippen LogP contribution >= 0.6 is 0 Å². The number of rotatable bonds is 7. The molecule has 3 aromatic carbocycles. The first kappa shape index (κ1) is 23.7. The second kappa shape index (κ2) is 9.54. The van der Waals surface area contributed by atoms with Crippen molar-refractivity contribution in [1.82, 2.24) is 0 Å². The number of fused-ring (bicyclic) bond motifs is 1. The molecule has 5 rings (SSSR count). The highest BCUT2D eigenvalue weighted by Crippen LogP contribution is 2.52. The van der Waals surface area contributed by atoms with Gasteiger partial charge in [-0.15, -0.1) is 0 Å². The van der Waals surface area contributed by atoms with Crippen molar-refractivity contribution >= 4 is 23.2 Å². The van der Waals surface area contributed by atoms with E-state index in [1.807, 2.05) is 48.5 Å². The van der Waals surface area contributed by atoms with E-state index < -0.39 is 24.0 Å². The van der Waals surface area contributed by atoms with Crippen LogP contribution in [0.15, 0.2) is 66.7 Å². The minimum absolute atomic E-state index is 0.325. The van der Waals surface area contributed by atoms with Crippen LogP contribution in [0.4, 0.5) is 11.4 Å². The normalized spacial score (nSPS) is 21.1. The van der Waals surface area contributed by atoms with Gasteiger partial charge in [-0.05, 0) is 48.4 Å². The van der Waals surface area contributed by atoms with E-state index in [-0.39, 0.29) is 5.91 Å². The number of imide groups is 1. The average molecular weight is 489 g/mol. The van der Waals surface area contributed by atoms with E-state index in [2.05, 4.69) is 6.92 Å². The molecule has 8 nitrogen and oxygen atoms in total. The Balaban J connectivity index is 1.63. The number of hydroxylamine groups is 1. The molecule has 0 N–H and O–H groups in total. The molecule has 0 bridgehead atoms. The fraction of sp³-hybridized carbons (Fsp3) is 0.286. The summed E-state index contributed by atoms with van der Waals surface area (Å²) in [6.07, 6.45) is -0.115. The molecule has 2 saturated heterocycles. The highest BCUT2D eigenvalue weighted by molar-refractivity contribution is 6.24. The molecule has 0 unspecified atom stereocenters. The molecule has 8 heteroatoms. The van der Waals surface area contributed by atoms with E-state index in [1.54, 1.807) is 30.4 Å². The molecular formula is C28H28N2O6. The topological polar surface area (TPSA) is 77.5 Å². The number of nitrogens with zero attached hydrogens (tertiary/aromatic N) is 2. The lowest BCUT2D eigenvalue weighted by atomic mass is 9.89. The lowest BCUT2D eigenvalue weighted by Crippen LogP contribution is -2.37. The van der Waals surface area contributed by atoms with Gasteiger partial charge in [-0.3, -0.25) is 14.4 Å². The molecule has 0 radical (unpaired) electrons. The second-order valence-corrected chi connectivity index (χ2v) is 8.61. The van der Waals surface area contributed by atoms with Gasteiger partial charge in [0.15, 0.2) is 17.6 Å². The first-order chi connectivity index (χ1) is 17.5. The van der Waals surface area contributed by atoms with Gasteiger partial charge in [0.1, 0.15) is 12.0 Å². The van der Waals surface area contributed by atoms with Gasteiger partial charge in [0.2, 0.25) is 11.7 Å². The molecule has 2 heterocycles. The number of benzene rings is 3. The Labute approximate surface area is 209 Å². The maximum atomic E-state index is 13.9. The third-order valence-corrected chi connectivity index (χ3v) is 6.78. The van der Waals surface area contributed by atoms with Gasteiger partial charge in [0.25, 0.3) is 5.91 Å². The summed E-state index contributed by atoms with van der Waals surface area (Å²) in [5.41, 5.74) is 3.02. The van der Waals surface area contributed by atoms with Crippen LogP contribution in [0.25, 0.3) is 0 Å². The van der Waals surface area contributed by atoms with E-state index in [0.717, 1.165) is 12.0 Å². The lowest BCUT2D eigenvalue weighted by Gasteiger charge is -2.30. The number of methoxy groups -OCH3 is 3. The largest absolute Gasteiger partial charge is 0.493 e. The molecular weight excluding hydrogens is 460 g/mol. The SMILES string of the molecule is CCc1ccc(N2C(=O)[C@@H]3[C@H](ON(c4ccccc4)[C@H]3c3ccc(OC)c(OC)c3OC)C2=O)cc1. The third-order valence-electron chi connectivity index (χ3n) is 6.78. The Morgan fingerprint density at radius 3 is 2.08 bits per heavy atom. The van der Waals surface area contributed by atoms with E-state index in [1.165, 1.54) is 19.1 Å². The van der Waals surface area contributed by atoms with Gasteiger partial charge in [-0.2, -0.15) is 0 Å². The predicted molar refractivity (Wildman–Crippen MR) is 134 cm³/mol.